The molecule has 0 heterocycles. The van der Waals surface area contributed by atoms with Crippen molar-refractivity contribution in [2.75, 3.05) is 7.05 Å². The van der Waals surface area contributed by atoms with E-state index < -0.39 is 12.6 Å². The second-order valence-corrected chi connectivity index (χ2v) is 2.66. The molecule has 0 spiro atoms. The van der Waals surface area contributed by atoms with Crippen molar-refractivity contribution in [2.45, 2.75) is 31.5 Å². The van der Waals surface area contributed by atoms with Gasteiger partial charge in [0, 0.05) is 12.5 Å². The lowest BCUT2D eigenvalue weighted by atomic mass is 10.1. The Hall–Kier alpha value is -0.510. The zero-order valence-electron chi connectivity index (χ0n) is 7.12. The van der Waals surface area contributed by atoms with Crippen molar-refractivity contribution < 1.29 is 13.2 Å². The molecule has 0 bridgehead atoms. The molecule has 1 atom stereocenters. The van der Waals surface area contributed by atoms with Gasteiger partial charge in [-0.25, -0.2) is 0 Å². The molecule has 0 saturated carbocycles. The smallest absolute Gasteiger partial charge is 0.317 e. The topological polar surface area (TPSA) is 12.0 Å². The predicted octanol–water partition coefficient (Wildman–Crippen LogP) is 2.49. The maximum atomic E-state index is 11.7. The van der Waals surface area contributed by atoms with Gasteiger partial charge in [-0.15, -0.1) is 6.58 Å². The molecule has 0 aliphatic heterocycles. The number of halogens is 3. The van der Waals surface area contributed by atoms with E-state index in [4.69, 9.17) is 0 Å². The largest absolute Gasteiger partial charge is 0.389 e. The predicted molar refractivity (Wildman–Crippen MR) is 43.0 cm³/mol. The highest BCUT2D eigenvalue weighted by Gasteiger charge is 2.27. The van der Waals surface area contributed by atoms with Crippen LogP contribution in [0.2, 0.25) is 0 Å². The zero-order valence-corrected chi connectivity index (χ0v) is 7.12. The molecule has 0 saturated heterocycles. The Bertz CT molecular complexity index is 131. The zero-order chi connectivity index (χ0) is 9.61. The fourth-order valence-electron chi connectivity index (χ4n) is 0.919. The summed E-state index contributed by atoms with van der Waals surface area (Å²) in [6.07, 6.45) is -2.46. The standard InChI is InChI=1S/C8H14F3N/c1-3-4-7(12-2)5-6-8(9,10)11/h3,7,12H,1,4-6H2,2H3. The molecule has 0 aromatic rings. The molecular weight excluding hydrogens is 167 g/mol. The minimum atomic E-state index is -4.05. The first-order valence-corrected chi connectivity index (χ1v) is 3.84. The van der Waals surface area contributed by atoms with Crippen molar-refractivity contribution in [3.8, 4) is 0 Å². The fourth-order valence-corrected chi connectivity index (χ4v) is 0.919. The highest BCUT2D eigenvalue weighted by molar-refractivity contribution is 4.77. The summed E-state index contributed by atoms with van der Waals surface area (Å²) < 4.78 is 35.2. The third-order valence-corrected chi connectivity index (χ3v) is 1.64. The van der Waals surface area contributed by atoms with E-state index in [0.717, 1.165) is 0 Å². The highest BCUT2D eigenvalue weighted by atomic mass is 19.4. The van der Waals surface area contributed by atoms with Crippen LogP contribution in [0.5, 0.6) is 0 Å². The van der Waals surface area contributed by atoms with E-state index in [-0.39, 0.29) is 12.5 Å². The van der Waals surface area contributed by atoms with E-state index in [1.807, 2.05) is 0 Å². The molecule has 72 valence electrons. The second-order valence-electron chi connectivity index (χ2n) is 2.66. The summed E-state index contributed by atoms with van der Waals surface area (Å²) in [7, 11) is 1.66. The van der Waals surface area contributed by atoms with Gasteiger partial charge in [-0.05, 0) is 19.9 Å². The molecular formula is C8H14F3N. The van der Waals surface area contributed by atoms with Crippen molar-refractivity contribution in [2.24, 2.45) is 0 Å². The van der Waals surface area contributed by atoms with Gasteiger partial charge in [-0.1, -0.05) is 6.08 Å². The van der Waals surface area contributed by atoms with Crippen LogP contribution in [0.3, 0.4) is 0 Å². The van der Waals surface area contributed by atoms with Gasteiger partial charge in [-0.3, -0.25) is 0 Å². The van der Waals surface area contributed by atoms with Crippen LogP contribution in [0, 0.1) is 0 Å². The van der Waals surface area contributed by atoms with Crippen LogP contribution in [-0.4, -0.2) is 19.3 Å². The molecule has 1 nitrogen and oxygen atoms in total. The minimum Gasteiger partial charge on any atom is -0.317 e. The van der Waals surface area contributed by atoms with E-state index in [1.54, 1.807) is 13.1 Å². The van der Waals surface area contributed by atoms with Crippen LogP contribution in [0.25, 0.3) is 0 Å². The van der Waals surface area contributed by atoms with E-state index in [9.17, 15) is 13.2 Å². The van der Waals surface area contributed by atoms with Crippen LogP contribution in [0.1, 0.15) is 19.3 Å². The Morgan fingerprint density at radius 1 is 1.50 bits per heavy atom. The molecule has 1 N–H and O–H groups in total. The van der Waals surface area contributed by atoms with Crippen LogP contribution >= 0.6 is 0 Å². The summed E-state index contributed by atoms with van der Waals surface area (Å²) in [6.45, 7) is 3.47. The summed E-state index contributed by atoms with van der Waals surface area (Å²) in [4.78, 5) is 0. The lowest BCUT2D eigenvalue weighted by Gasteiger charge is -2.14. The number of hydrogen-bond donors (Lipinski definition) is 1. The Balaban J connectivity index is 3.64. The average molecular weight is 181 g/mol. The number of nitrogens with one attached hydrogen (secondary N) is 1. The first-order chi connectivity index (χ1) is 5.49. The first kappa shape index (κ1) is 11.5. The molecule has 4 heteroatoms. The molecule has 0 aliphatic carbocycles. The molecule has 0 aromatic heterocycles. The van der Waals surface area contributed by atoms with Crippen LogP contribution in [0.15, 0.2) is 12.7 Å². The van der Waals surface area contributed by atoms with E-state index in [2.05, 4.69) is 11.9 Å². The molecule has 0 aliphatic rings. The SMILES string of the molecule is C=CCC(CCC(F)(F)F)NC. The van der Waals surface area contributed by atoms with Gasteiger partial charge >= 0.3 is 6.18 Å². The van der Waals surface area contributed by atoms with Gasteiger partial charge in [0.1, 0.15) is 0 Å². The third-order valence-electron chi connectivity index (χ3n) is 1.64. The first-order valence-electron chi connectivity index (χ1n) is 3.84. The second kappa shape index (κ2) is 5.19. The molecule has 12 heavy (non-hydrogen) atoms. The number of rotatable bonds is 5. The summed E-state index contributed by atoms with van der Waals surface area (Å²) in [6, 6.07) is -0.107. The van der Waals surface area contributed by atoms with Crippen LogP contribution in [0.4, 0.5) is 13.2 Å². The Kier molecular flexibility index (Phi) is 4.97. The van der Waals surface area contributed by atoms with Gasteiger partial charge < -0.3 is 5.32 Å². The Labute approximate surface area is 70.7 Å². The maximum absolute atomic E-state index is 11.7. The average Bonchev–Trinajstić information content (AvgIpc) is 1.96. The van der Waals surface area contributed by atoms with Gasteiger partial charge in [0.25, 0.3) is 0 Å². The van der Waals surface area contributed by atoms with Crippen molar-refractivity contribution in [1.29, 1.82) is 0 Å². The van der Waals surface area contributed by atoms with E-state index >= 15 is 0 Å². The van der Waals surface area contributed by atoms with Gasteiger partial charge in [0.15, 0.2) is 0 Å². The van der Waals surface area contributed by atoms with Crippen molar-refractivity contribution in [3.05, 3.63) is 12.7 Å². The molecule has 0 aromatic carbocycles. The normalized spacial score (nSPS) is 14.3. The minimum absolute atomic E-state index is 0.107. The van der Waals surface area contributed by atoms with E-state index in [0.29, 0.717) is 6.42 Å². The highest BCUT2D eigenvalue weighted by Crippen LogP contribution is 2.22. The third kappa shape index (κ3) is 6.22. The number of hydrogen-bond acceptors (Lipinski definition) is 1. The van der Waals surface area contributed by atoms with Gasteiger partial charge in [-0.2, -0.15) is 13.2 Å². The summed E-state index contributed by atoms with van der Waals surface area (Å²) in [5.41, 5.74) is 0. The fraction of sp³-hybridized carbons (Fsp3) is 0.750. The summed E-state index contributed by atoms with van der Waals surface area (Å²) in [5, 5.41) is 2.80. The summed E-state index contributed by atoms with van der Waals surface area (Å²) >= 11 is 0. The van der Waals surface area contributed by atoms with E-state index in [1.165, 1.54) is 0 Å². The van der Waals surface area contributed by atoms with Gasteiger partial charge in [0.05, 0.1) is 0 Å². The molecule has 0 rings (SSSR count). The van der Waals surface area contributed by atoms with Crippen molar-refractivity contribution in [1.82, 2.24) is 5.32 Å². The summed E-state index contributed by atoms with van der Waals surface area (Å²) in [5.74, 6) is 0. The quantitative estimate of drug-likeness (QED) is 0.642. The van der Waals surface area contributed by atoms with Crippen LogP contribution < -0.4 is 5.32 Å². The lowest BCUT2D eigenvalue weighted by molar-refractivity contribution is -0.136. The molecule has 0 fully saturated rings. The van der Waals surface area contributed by atoms with Crippen molar-refractivity contribution >= 4 is 0 Å². The lowest BCUT2D eigenvalue weighted by Crippen LogP contribution is -2.26. The molecule has 1 unspecified atom stereocenters. The monoisotopic (exact) mass is 181 g/mol. The maximum Gasteiger partial charge on any atom is 0.389 e. The Morgan fingerprint density at radius 3 is 2.42 bits per heavy atom. The molecule has 0 radical (unpaired) electrons. The Morgan fingerprint density at radius 2 is 2.08 bits per heavy atom. The number of alkyl halides is 3. The van der Waals surface area contributed by atoms with Crippen LogP contribution in [-0.2, 0) is 0 Å². The molecule has 0 amide bonds. The van der Waals surface area contributed by atoms with Gasteiger partial charge in [0.2, 0.25) is 0 Å². The van der Waals surface area contributed by atoms with Crippen molar-refractivity contribution in [3.63, 3.8) is 0 Å².